The van der Waals surface area contributed by atoms with Gasteiger partial charge in [-0.2, -0.15) is 0 Å². The van der Waals surface area contributed by atoms with Gasteiger partial charge in [0, 0.05) is 35.6 Å². The van der Waals surface area contributed by atoms with E-state index in [-0.39, 0.29) is 23.6 Å². The first-order valence-corrected chi connectivity index (χ1v) is 11.0. The molecule has 4 N–H and O–H groups in total. The first-order chi connectivity index (χ1) is 15.5. The summed E-state index contributed by atoms with van der Waals surface area (Å²) in [5.74, 6) is -0.638. The average Bonchev–Trinajstić information content (AvgIpc) is 3.14. The van der Waals surface area contributed by atoms with Gasteiger partial charge in [0.1, 0.15) is 0 Å². The fraction of sp³-hybridized carbons (Fsp3) is 0.360. The zero-order valence-corrected chi connectivity index (χ0v) is 19.2. The van der Waals surface area contributed by atoms with Crippen LogP contribution in [0.15, 0.2) is 36.4 Å². The summed E-state index contributed by atoms with van der Waals surface area (Å²) in [6, 6.07) is 10.4. The summed E-state index contributed by atoms with van der Waals surface area (Å²) >= 11 is 0. The average molecular weight is 449 g/mol. The van der Waals surface area contributed by atoms with Crippen LogP contribution in [-0.4, -0.2) is 36.7 Å². The van der Waals surface area contributed by atoms with Crippen molar-refractivity contribution >= 4 is 35.0 Å². The van der Waals surface area contributed by atoms with Crippen molar-refractivity contribution < 1.29 is 19.2 Å². The van der Waals surface area contributed by atoms with Gasteiger partial charge in [-0.05, 0) is 69.5 Å². The number of hydrogen-bond acceptors (Lipinski definition) is 4. The third kappa shape index (κ3) is 3.97. The van der Waals surface area contributed by atoms with Gasteiger partial charge in [-0.15, -0.1) is 0 Å². The molecule has 4 amide bonds. The van der Waals surface area contributed by atoms with E-state index in [9.17, 15) is 19.2 Å². The monoisotopic (exact) mass is 448 g/mol. The van der Waals surface area contributed by atoms with Crippen molar-refractivity contribution in [3.05, 3.63) is 58.7 Å². The molecule has 0 radical (unpaired) electrons. The van der Waals surface area contributed by atoms with E-state index in [2.05, 4.69) is 21.3 Å². The molecule has 2 aromatic carbocycles. The Morgan fingerprint density at radius 1 is 0.727 bits per heavy atom. The summed E-state index contributed by atoms with van der Waals surface area (Å²) in [5, 5.41) is 11.3. The fourth-order valence-corrected chi connectivity index (χ4v) is 4.17. The summed E-state index contributed by atoms with van der Waals surface area (Å²) in [4.78, 5) is 49.0. The molecule has 0 bridgehead atoms. The Morgan fingerprint density at radius 3 is 1.52 bits per heavy atom. The van der Waals surface area contributed by atoms with E-state index in [0.717, 1.165) is 11.1 Å². The van der Waals surface area contributed by atoms with E-state index in [1.54, 1.807) is 24.3 Å². The molecule has 8 nitrogen and oxygen atoms in total. The molecule has 0 saturated carbocycles. The normalized spacial score (nSPS) is 17.0. The predicted octanol–water partition coefficient (Wildman–Crippen LogP) is 2.70. The standard InChI is InChI=1S/C25H28N4O4/c1-24(2)16-8-6-14(12-18(16)28-22(24)32)20(30)26-10-5-11-27-21(31)15-7-9-17-19(13-15)29-23(33)25(17,3)4/h6-9,12-13H,5,10-11H2,1-4H3,(H,26,30)(H,27,31)(H,28,32)(H,29,33). The van der Waals surface area contributed by atoms with Crippen LogP contribution in [0.4, 0.5) is 11.4 Å². The number of carbonyl (C=O) groups excluding carboxylic acids is 4. The van der Waals surface area contributed by atoms with Gasteiger partial charge < -0.3 is 21.3 Å². The molecular formula is C25H28N4O4. The lowest BCUT2D eigenvalue weighted by Crippen LogP contribution is -2.30. The first kappa shape index (κ1) is 22.5. The second-order valence-electron chi connectivity index (χ2n) is 9.54. The molecule has 0 spiro atoms. The molecule has 0 atom stereocenters. The maximum atomic E-state index is 12.4. The SMILES string of the molecule is CC1(C)C(=O)Nc2cc(C(=O)NCCCNC(=O)c3ccc4c(c3)NC(=O)C4(C)C)ccc21. The van der Waals surface area contributed by atoms with Crippen molar-refractivity contribution in [1.29, 1.82) is 0 Å². The molecule has 0 saturated heterocycles. The summed E-state index contributed by atoms with van der Waals surface area (Å²) < 4.78 is 0. The molecule has 0 unspecified atom stereocenters. The van der Waals surface area contributed by atoms with Gasteiger partial charge in [0.15, 0.2) is 0 Å². The molecule has 172 valence electrons. The molecule has 0 aliphatic carbocycles. The Bertz CT molecular complexity index is 1090. The Morgan fingerprint density at radius 2 is 1.12 bits per heavy atom. The maximum Gasteiger partial charge on any atom is 0.251 e. The minimum absolute atomic E-state index is 0.0831. The van der Waals surface area contributed by atoms with Crippen LogP contribution in [0.5, 0.6) is 0 Å². The quantitative estimate of drug-likeness (QED) is 0.509. The van der Waals surface area contributed by atoms with Crippen molar-refractivity contribution in [1.82, 2.24) is 10.6 Å². The van der Waals surface area contributed by atoms with Gasteiger partial charge in [-0.25, -0.2) is 0 Å². The minimum Gasteiger partial charge on any atom is -0.352 e. The molecule has 4 rings (SSSR count). The van der Waals surface area contributed by atoms with Crippen molar-refractivity contribution in [3.63, 3.8) is 0 Å². The Labute approximate surface area is 192 Å². The third-order valence-corrected chi connectivity index (χ3v) is 6.47. The highest BCUT2D eigenvalue weighted by molar-refractivity contribution is 6.08. The van der Waals surface area contributed by atoms with Crippen LogP contribution in [-0.2, 0) is 20.4 Å². The second-order valence-corrected chi connectivity index (χ2v) is 9.54. The van der Waals surface area contributed by atoms with Crippen LogP contribution in [0, 0.1) is 0 Å². The highest BCUT2D eigenvalue weighted by Crippen LogP contribution is 2.38. The lowest BCUT2D eigenvalue weighted by Gasteiger charge is -2.15. The van der Waals surface area contributed by atoms with E-state index in [0.29, 0.717) is 42.0 Å². The van der Waals surface area contributed by atoms with Crippen LogP contribution in [0.3, 0.4) is 0 Å². The van der Waals surface area contributed by atoms with Crippen LogP contribution in [0.25, 0.3) is 0 Å². The van der Waals surface area contributed by atoms with Gasteiger partial charge in [-0.3, -0.25) is 19.2 Å². The maximum absolute atomic E-state index is 12.4. The van der Waals surface area contributed by atoms with Crippen LogP contribution in [0.2, 0.25) is 0 Å². The zero-order chi connectivity index (χ0) is 24.0. The summed E-state index contributed by atoms with van der Waals surface area (Å²) in [6.45, 7) is 8.18. The van der Waals surface area contributed by atoms with Crippen LogP contribution >= 0.6 is 0 Å². The third-order valence-electron chi connectivity index (χ3n) is 6.47. The molecule has 0 fully saturated rings. The Hall–Kier alpha value is -3.68. The first-order valence-electron chi connectivity index (χ1n) is 11.0. The van der Waals surface area contributed by atoms with Crippen molar-refractivity contribution in [2.45, 2.75) is 44.9 Å². The zero-order valence-electron chi connectivity index (χ0n) is 19.2. The predicted molar refractivity (Wildman–Crippen MR) is 125 cm³/mol. The fourth-order valence-electron chi connectivity index (χ4n) is 4.17. The molecular weight excluding hydrogens is 420 g/mol. The van der Waals surface area contributed by atoms with Gasteiger partial charge in [0.05, 0.1) is 10.8 Å². The lowest BCUT2D eigenvalue weighted by molar-refractivity contribution is -0.120. The van der Waals surface area contributed by atoms with E-state index < -0.39 is 10.8 Å². The summed E-state index contributed by atoms with van der Waals surface area (Å²) in [7, 11) is 0. The number of amides is 4. The topological polar surface area (TPSA) is 116 Å². The van der Waals surface area contributed by atoms with Crippen molar-refractivity contribution in [3.8, 4) is 0 Å². The number of anilines is 2. The molecule has 2 heterocycles. The molecule has 2 aromatic rings. The molecule has 0 aromatic heterocycles. The van der Waals surface area contributed by atoms with Crippen molar-refractivity contribution in [2.24, 2.45) is 0 Å². The van der Waals surface area contributed by atoms with Gasteiger partial charge >= 0.3 is 0 Å². The Kier molecular flexibility index (Phi) is 5.47. The second kappa shape index (κ2) is 8.03. The summed E-state index contributed by atoms with van der Waals surface area (Å²) in [6.07, 6.45) is 0.556. The van der Waals surface area contributed by atoms with E-state index in [4.69, 9.17) is 0 Å². The van der Waals surface area contributed by atoms with E-state index in [1.165, 1.54) is 0 Å². The van der Waals surface area contributed by atoms with Gasteiger partial charge in [-0.1, -0.05) is 12.1 Å². The van der Waals surface area contributed by atoms with Gasteiger partial charge in [0.25, 0.3) is 11.8 Å². The smallest absolute Gasteiger partial charge is 0.251 e. The largest absolute Gasteiger partial charge is 0.352 e. The number of carbonyl (C=O) groups is 4. The van der Waals surface area contributed by atoms with E-state index in [1.807, 2.05) is 39.8 Å². The highest BCUT2D eigenvalue weighted by Gasteiger charge is 2.39. The molecule has 33 heavy (non-hydrogen) atoms. The number of nitrogens with one attached hydrogen (secondary N) is 4. The van der Waals surface area contributed by atoms with Gasteiger partial charge in [0.2, 0.25) is 11.8 Å². The minimum atomic E-state index is -0.608. The lowest BCUT2D eigenvalue weighted by atomic mass is 9.86. The number of fused-ring (bicyclic) bond motifs is 2. The van der Waals surface area contributed by atoms with Crippen LogP contribution < -0.4 is 21.3 Å². The number of benzene rings is 2. The summed E-state index contributed by atoms with van der Waals surface area (Å²) in [5.41, 5.74) is 2.81. The molecule has 2 aliphatic rings. The highest BCUT2D eigenvalue weighted by atomic mass is 16.2. The Balaban J connectivity index is 1.25. The van der Waals surface area contributed by atoms with Crippen molar-refractivity contribution in [2.75, 3.05) is 23.7 Å². The number of hydrogen-bond donors (Lipinski definition) is 4. The number of rotatable bonds is 6. The van der Waals surface area contributed by atoms with Crippen LogP contribution in [0.1, 0.15) is 66.0 Å². The molecule has 2 aliphatic heterocycles. The molecule has 8 heteroatoms. The van der Waals surface area contributed by atoms with E-state index >= 15 is 0 Å².